The van der Waals surface area contributed by atoms with E-state index in [0.29, 0.717) is 0 Å². The fraction of sp³-hybridized carbons (Fsp3) is 0.615. The topological polar surface area (TPSA) is 220 Å². The molecule has 0 bridgehead atoms. The molecular weight excluding hydrogens is 384 g/mol. The number of primary amides is 1. The Kier molecular flexibility index (Phi) is 10.2. The van der Waals surface area contributed by atoms with Crippen LogP contribution in [0.4, 0.5) is 4.79 Å². The third-order valence-corrected chi connectivity index (χ3v) is 3.74. The molecule has 0 spiro atoms. The van der Waals surface area contributed by atoms with Gasteiger partial charge >= 0.3 is 12.0 Å². The lowest BCUT2D eigenvalue weighted by atomic mass is 10.2. The number of hydrogen-bond donors (Lipinski definition) is 8. The minimum absolute atomic E-state index is 0.147. The third kappa shape index (κ3) is 8.59. The number of likely N-dealkylation sites (N-methyl/N-ethyl adjacent to an activating group) is 1. The zero-order chi connectivity index (χ0) is 21.3. The molecule has 0 aliphatic rings. The molecule has 4 atom stereocenters. The van der Waals surface area contributed by atoms with E-state index in [1.807, 2.05) is 5.32 Å². The van der Waals surface area contributed by atoms with Gasteiger partial charge in [0.2, 0.25) is 5.91 Å². The van der Waals surface area contributed by atoms with Gasteiger partial charge in [-0.25, -0.2) is 9.59 Å². The molecule has 10 N–H and O–H groups in total. The summed E-state index contributed by atoms with van der Waals surface area (Å²) < 4.78 is 0. The summed E-state index contributed by atoms with van der Waals surface area (Å²) in [7, 11) is 1.30. The molecule has 13 nitrogen and oxygen atoms in total. The van der Waals surface area contributed by atoms with Gasteiger partial charge in [-0.2, -0.15) is 0 Å². The number of aliphatic hydroxyl groups is 2. The Balaban J connectivity index is 5.12. The van der Waals surface area contributed by atoms with E-state index in [1.54, 1.807) is 0 Å². The number of nitrogens with zero attached hydrogens (tertiary/aromatic N) is 1. The summed E-state index contributed by atoms with van der Waals surface area (Å²) in [4.78, 5) is 45.8. The van der Waals surface area contributed by atoms with Gasteiger partial charge in [0.1, 0.15) is 11.0 Å². The number of carboxylic acid groups (broad SMARTS) is 1. The molecule has 0 aliphatic carbocycles. The van der Waals surface area contributed by atoms with Gasteiger partial charge in [-0.1, -0.05) is 12.2 Å². The molecule has 0 aromatic carbocycles. The normalized spacial score (nSPS) is 14.9. The van der Waals surface area contributed by atoms with E-state index in [9.17, 15) is 24.3 Å². The monoisotopic (exact) mass is 408 g/mol. The molecule has 0 radical (unpaired) electrons. The molecule has 14 heteroatoms. The number of nitrogens with two attached hydrogens (primary N) is 2. The number of aliphatic hydroxyl groups excluding tert-OH is 2. The number of rotatable bonds is 9. The van der Waals surface area contributed by atoms with Crippen LogP contribution < -0.4 is 27.5 Å². The predicted molar refractivity (Wildman–Crippen MR) is 95.9 cm³/mol. The number of hydrazine groups is 1. The van der Waals surface area contributed by atoms with Gasteiger partial charge in [-0.05, 0) is 6.92 Å². The first-order valence-corrected chi connectivity index (χ1v) is 8.02. The van der Waals surface area contributed by atoms with Gasteiger partial charge in [0, 0.05) is 7.05 Å². The highest BCUT2D eigenvalue weighted by atomic mass is 32.1. The molecule has 0 aromatic heterocycles. The van der Waals surface area contributed by atoms with Crippen molar-refractivity contribution in [1.29, 1.82) is 0 Å². The fourth-order valence-corrected chi connectivity index (χ4v) is 1.94. The lowest BCUT2D eigenvalue weighted by Crippen LogP contribution is -2.59. The molecule has 154 valence electrons. The van der Waals surface area contributed by atoms with Crippen molar-refractivity contribution in [2.75, 3.05) is 13.7 Å². The number of carbonyl (C=O) groups is 4. The summed E-state index contributed by atoms with van der Waals surface area (Å²) in [6, 6.07) is -5.04. The summed E-state index contributed by atoms with van der Waals surface area (Å²) in [5.41, 5.74) is 12.7. The van der Waals surface area contributed by atoms with Crippen molar-refractivity contribution in [3.05, 3.63) is 0 Å². The third-order valence-electron chi connectivity index (χ3n) is 3.19. The predicted octanol–water partition coefficient (Wildman–Crippen LogP) is -4.03. The second-order valence-corrected chi connectivity index (χ2v) is 5.98. The molecule has 4 amide bonds. The Morgan fingerprint density at radius 2 is 1.78 bits per heavy atom. The highest BCUT2D eigenvalue weighted by molar-refractivity contribution is 7.80. The highest BCUT2D eigenvalue weighted by Crippen LogP contribution is 2.01. The number of hydrogen-bond acceptors (Lipinski definition) is 8. The summed E-state index contributed by atoms with van der Waals surface area (Å²) in [5, 5.41) is 32.4. The maximum atomic E-state index is 12.0. The molecule has 0 heterocycles. The first-order chi connectivity index (χ1) is 12.4. The number of carboxylic acids is 1. The van der Waals surface area contributed by atoms with Crippen molar-refractivity contribution in [2.45, 2.75) is 37.6 Å². The molecule has 0 saturated heterocycles. The van der Waals surface area contributed by atoms with Crippen LogP contribution in [-0.2, 0) is 14.4 Å². The smallest absolute Gasteiger partial charge is 0.328 e. The highest BCUT2D eigenvalue weighted by Gasteiger charge is 2.28. The number of aliphatic carboxylic acids is 1. The van der Waals surface area contributed by atoms with E-state index in [-0.39, 0.29) is 4.99 Å². The summed E-state index contributed by atoms with van der Waals surface area (Å²) in [6.07, 6.45) is -1.85. The summed E-state index contributed by atoms with van der Waals surface area (Å²) >= 11 is 5.08. The maximum absolute atomic E-state index is 12.0. The van der Waals surface area contributed by atoms with Crippen molar-refractivity contribution < 1.29 is 34.5 Å². The first-order valence-electron chi connectivity index (χ1n) is 7.61. The number of thiocarbonyl (C=S) groups is 1. The van der Waals surface area contributed by atoms with E-state index in [4.69, 9.17) is 33.9 Å². The lowest BCUT2D eigenvalue weighted by Gasteiger charge is -2.28. The molecule has 0 aromatic rings. The van der Waals surface area contributed by atoms with Crippen LogP contribution in [0.15, 0.2) is 0 Å². The van der Waals surface area contributed by atoms with Crippen LogP contribution in [0.2, 0.25) is 0 Å². The zero-order valence-corrected chi connectivity index (χ0v) is 15.5. The molecule has 0 aliphatic heterocycles. The SMILES string of the molecule is CC(O)[C@H](NC(=O)N[C@@H](CC(N)=O)C(=S)N(C)NC(=O)[C@@H](N)CO)C(=O)O. The van der Waals surface area contributed by atoms with Gasteiger partial charge in [0.05, 0.1) is 25.2 Å². The Morgan fingerprint density at radius 3 is 2.19 bits per heavy atom. The largest absolute Gasteiger partial charge is 0.480 e. The molecule has 1 unspecified atom stereocenters. The van der Waals surface area contributed by atoms with Crippen molar-refractivity contribution in [3.63, 3.8) is 0 Å². The molecule has 0 rings (SSSR count). The van der Waals surface area contributed by atoms with Crippen LogP contribution in [0, 0.1) is 0 Å². The van der Waals surface area contributed by atoms with Gasteiger partial charge in [0.25, 0.3) is 5.91 Å². The van der Waals surface area contributed by atoms with Crippen LogP contribution in [0.1, 0.15) is 13.3 Å². The number of nitrogens with one attached hydrogen (secondary N) is 3. The summed E-state index contributed by atoms with van der Waals surface area (Å²) in [5.74, 6) is -3.08. The Hall–Kier alpha value is -2.55. The molecular formula is C13H24N6O7S. The maximum Gasteiger partial charge on any atom is 0.328 e. The van der Waals surface area contributed by atoms with Crippen LogP contribution >= 0.6 is 12.2 Å². The van der Waals surface area contributed by atoms with E-state index in [0.717, 1.165) is 11.9 Å². The van der Waals surface area contributed by atoms with Crippen LogP contribution in [-0.4, -0.2) is 87.0 Å². The minimum Gasteiger partial charge on any atom is -0.480 e. The van der Waals surface area contributed by atoms with Gasteiger partial charge in [0.15, 0.2) is 6.04 Å². The van der Waals surface area contributed by atoms with Crippen LogP contribution in [0.3, 0.4) is 0 Å². The van der Waals surface area contributed by atoms with E-state index < -0.39 is 61.1 Å². The van der Waals surface area contributed by atoms with Crippen LogP contribution in [0.25, 0.3) is 0 Å². The average Bonchev–Trinajstić information content (AvgIpc) is 2.56. The lowest BCUT2D eigenvalue weighted by molar-refractivity contribution is -0.141. The van der Waals surface area contributed by atoms with E-state index in [1.165, 1.54) is 7.05 Å². The number of urea groups is 1. The van der Waals surface area contributed by atoms with E-state index in [2.05, 4.69) is 10.7 Å². The Labute approximate surface area is 160 Å². The van der Waals surface area contributed by atoms with Crippen LogP contribution in [0.5, 0.6) is 0 Å². The second-order valence-electron chi connectivity index (χ2n) is 5.56. The van der Waals surface area contributed by atoms with Gasteiger partial charge in [-0.3, -0.25) is 20.0 Å². The Morgan fingerprint density at radius 1 is 1.22 bits per heavy atom. The average molecular weight is 408 g/mol. The fourth-order valence-electron chi connectivity index (χ4n) is 1.75. The number of amides is 4. The van der Waals surface area contributed by atoms with Crippen molar-refractivity contribution in [3.8, 4) is 0 Å². The van der Waals surface area contributed by atoms with Gasteiger partial charge < -0.3 is 37.4 Å². The zero-order valence-electron chi connectivity index (χ0n) is 14.7. The van der Waals surface area contributed by atoms with E-state index >= 15 is 0 Å². The van der Waals surface area contributed by atoms with Crippen molar-refractivity contribution in [1.82, 2.24) is 21.1 Å². The molecule has 0 saturated carbocycles. The molecule has 27 heavy (non-hydrogen) atoms. The Bertz CT molecular complexity index is 588. The van der Waals surface area contributed by atoms with Crippen molar-refractivity contribution in [2.24, 2.45) is 11.5 Å². The standard InChI is InChI=1S/C13H24N6O7S/c1-5(21)9(12(24)25)17-13(26)16-7(3-8(15)22)11(27)19(2)18-10(23)6(14)4-20/h5-7,9,20-21H,3-4,14H2,1-2H3,(H2,15,22)(H,18,23)(H,24,25)(H2,16,17,26)/t5?,6-,7-,9-/m0/s1. The molecule has 0 fully saturated rings. The second kappa shape index (κ2) is 11.2. The quantitative estimate of drug-likeness (QED) is 0.136. The first kappa shape index (κ1) is 24.5. The summed E-state index contributed by atoms with van der Waals surface area (Å²) in [6.45, 7) is 0.548. The van der Waals surface area contributed by atoms with Crippen molar-refractivity contribution >= 4 is 41.0 Å². The van der Waals surface area contributed by atoms with Gasteiger partial charge in [-0.15, -0.1) is 0 Å². The minimum atomic E-state index is -1.60. The number of carbonyl (C=O) groups excluding carboxylic acids is 3.